The Hall–Kier alpha value is -2.37. The summed E-state index contributed by atoms with van der Waals surface area (Å²) in [5.41, 5.74) is 0. The maximum atomic E-state index is 12.8. The van der Waals surface area contributed by atoms with Crippen LogP contribution in [0, 0.1) is 0 Å². The van der Waals surface area contributed by atoms with E-state index < -0.39 is 43.4 Å². The molecule has 6 atom stereocenters. The summed E-state index contributed by atoms with van der Waals surface area (Å²) in [7, 11) is 0. The summed E-state index contributed by atoms with van der Waals surface area (Å²) < 4.78 is 22.9. The van der Waals surface area contributed by atoms with E-state index in [-0.39, 0.29) is 25.6 Å². The molecule has 1 saturated heterocycles. The zero-order valence-corrected chi connectivity index (χ0v) is 43.6. The van der Waals surface area contributed by atoms with Gasteiger partial charge in [-0.05, 0) is 83.5 Å². The molecule has 1 rings (SSSR count). The first-order chi connectivity index (χ1) is 33.4. The molecule has 1 fully saturated rings. The van der Waals surface area contributed by atoms with Gasteiger partial charge >= 0.3 is 5.97 Å². The Kier molecular flexibility index (Phi) is 46.4. The fourth-order valence-electron chi connectivity index (χ4n) is 8.28. The third kappa shape index (κ3) is 39.4. The van der Waals surface area contributed by atoms with Crippen LogP contribution in [0.4, 0.5) is 0 Å². The predicted molar refractivity (Wildman–Crippen MR) is 284 cm³/mol. The fraction of sp³-hybridized carbons (Fsp3) is 0.780. The number of carbonyl (C=O) groups is 1. The van der Waals surface area contributed by atoms with Crippen molar-refractivity contribution in [3.05, 3.63) is 72.9 Å². The van der Waals surface area contributed by atoms with Gasteiger partial charge in [0.2, 0.25) is 0 Å². The van der Waals surface area contributed by atoms with Gasteiger partial charge in [0, 0.05) is 13.0 Å². The number of rotatable bonds is 48. The molecule has 1 aliphatic rings. The number of allylic oxidation sites excluding steroid dienone is 12. The van der Waals surface area contributed by atoms with Crippen molar-refractivity contribution >= 4 is 5.97 Å². The van der Waals surface area contributed by atoms with Crippen LogP contribution in [0.1, 0.15) is 232 Å². The molecule has 9 heteroatoms. The largest absolute Gasteiger partial charge is 0.457 e. The molecule has 0 spiro atoms. The molecule has 1 heterocycles. The Bertz CT molecular complexity index is 1270. The molecule has 0 saturated carbocycles. The van der Waals surface area contributed by atoms with E-state index in [0.717, 1.165) is 64.2 Å². The lowest BCUT2D eigenvalue weighted by atomic mass is 9.99. The van der Waals surface area contributed by atoms with E-state index in [4.69, 9.17) is 18.9 Å². The van der Waals surface area contributed by atoms with Gasteiger partial charge in [-0.3, -0.25) is 4.79 Å². The monoisotopic (exact) mass is 957 g/mol. The van der Waals surface area contributed by atoms with E-state index >= 15 is 0 Å². The Morgan fingerprint density at radius 1 is 0.485 bits per heavy atom. The molecular weight excluding hydrogens is 853 g/mol. The summed E-state index contributed by atoms with van der Waals surface area (Å²) >= 11 is 0. The van der Waals surface area contributed by atoms with Crippen molar-refractivity contribution in [2.24, 2.45) is 0 Å². The maximum absolute atomic E-state index is 12.8. The van der Waals surface area contributed by atoms with Crippen molar-refractivity contribution < 1.29 is 44.2 Å². The first-order valence-electron chi connectivity index (χ1n) is 28.0. The van der Waals surface area contributed by atoms with Crippen LogP contribution in [0.2, 0.25) is 0 Å². The van der Waals surface area contributed by atoms with Crippen molar-refractivity contribution in [1.29, 1.82) is 0 Å². The number of hydrogen-bond acceptors (Lipinski definition) is 9. The molecule has 0 bridgehead atoms. The minimum atomic E-state index is -1.55. The number of ether oxygens (including phenoxy) is 4. The van der Waals surface area contributed by atoms with E-state index in [2.05, 4.69) is 86.8 Å². The highest BCUT2D eigenvalue weighted by Gasteiger charge is 2.44. The predicted octanol–water partition coefficient (Wildman–Crippen LogP) is 14.4. The van der Waals surface area contributed by atoms with Crippen LogP contribution in [-0.2, 0) is 23.7 Å². The summed E-state index contributed by atoms with van der Waals surface area (Å²) in [6.07, 6.45) is 59.5. The lowest BCUT2D eigenvalue weighted by Crippen LogP contribution is -2.59. The summed E-state index contributed by atoms with van der Waals surface area (Å²) in [5, 5.41) is 40.3. The van der Waals surface area contributed by atoms with Crippen molar-refractivity contribution in [2.45, 2.75) is 269 Å². The minimum absolute atomic E-state index is 0.129. The molecule has 4 N–H and O–H groups in total. The van der Waals surface area contributed by atoms with Crippen LogP contribution in [0.3, 0.4) is 0 Å². The number of unbranched alkanes of at least 4 members (excludes halogenated alkanes) is 25. The normalized spacial score (nSPS) is 19.6. The molecule has 0 aromatic rings. The molecule has 0 radical (unpaired) electrons. The molecule has 0 amide bonds. The molecule has 6 unspecified atom stereocenters. The minimum Gasteiger partial charge on any atom is -0.457 e. The summed E-state index contributed by atoms with van der Waals surface area (Å²) in [5.74, 6) is -0.344. The van der Waals surface area contributed by atoms with Gasteiger partial charge in [-0.15, -0.1) is 0 Å². The molecule has 68 heavy (non-hydrogen) atoms. The van der Waals surface area contributed by atoms with Gasteiger partial charge in [-0.1, -0.05) is 215 Å². The van der Waals surface area contributed by atoms with Gasteiger partial charge in [0.15, 0.2) is 6.29 Å². The number of esters is 1. The summed E-state index contributed by atoms with van der Waals surface area (Å²) in [6.45, 7) is 4.42. The fourth-order valence-corrected chi connectivity index (χ4v) is 8.28. The highest BCUT2D eigenvalue weighted by Crippen LogP contribution is 2.23. The van der Waals surface area contributed by atoms with Crippen LogP contribution in [-0.4, -0.2) is 89.6 Å². The van der Waals surface area contributed by atoms with Gasteiger partial charge in [-0.25, -0.2) is 0 Å². The Balaban J connectivity index is 2.17. The smallest absolute Gasteiger partial charge is 0.306 e. The molecule has 394 valence electrons. The zero-order valence-electron chi connectivity index (χ0n) is 43.6. The lowest BCUT2D eigenvalue weighted by molar-refractivity contribution is -0.305. The topological polar surface area (TPSA) is 135 Å². The van der Waals surface area contributed by atoms with Gasteiger partial charge in [0.1, 0.15) is 30.5 Å². The number of hydrogen-bond donors (Lipinski definition) is 4. The number of aliphatic hydroxyl groups is 4. The second-order valence-corrected chi connectivity index (χ2v) is 19.0. The van der Waals surface area contributed by atoms with Crippen LogP contribution in [0.25, 0.3) is 0 Å². The molecular formula is C59H104O9. The van der Waals surface area contributed by atoms with Gasteiger partial charge < -0.3 is 39.4 Å². The third-order valence-electron chi connectivity index (χ3n) is 12.6. The second-order valence-electron chi connectivity index (χ2n) is 19.0. The SMILES string of the molecule is CC/C=C\C/C=C\C/C=C\C/C=C\C/C=C\CCCCCC(=O)OC(COCCCCCCCCCCCCCCCC/C=C\CCCCCCCCCC)COC1OC(CO)C(O)C(O)C1O. The van der Waals surface area contributed by atoms with Crippen molar-refractivity contribution in [3.63, 3.8) is 0 Å². The first-order valence-corrected chi connectivity index (χ1v) is 28.0. The Morgan fingerprint density at radius 2 is 0.897 bits per heavy atom. The van der Waals surface area contributed by atoms with E-state index in [1.54, 1.807) is 0 Å². The molecule has 1 aliphatic heterocycles. The van der Waals surface area contributed by atoms with Gasteiger partial charge in [-0.2, -0.15) is 0 Å². The number of carbonyl (C=O) groups excluding carboxylic acids is 1. The van der Waals surface area contributed by atoms with Crippen LogP contribution in [0.5, 0.6) is 0 Å². The highest BCUT2D eigenvalue weighted by molar-refractivity contribution is 5.69. The second kappa shape index (κ2) is 49.6. The lowest BCUT2D eigenvalue weighted by Gasteiger charge is -2.39. The molecule has 0 aliphatic carbocycles. The van der Waals surface area contributed by atoms with Crippen molar-refractivity contribution in [2.75, 3.05) is 26.4 Å². The van der Waals surface area contributed by atoms with E-state index in [9.17, 15) is 25.2 Å². The average molecular weight is 957 g/mol. The van der Waals surface area contributed by atoms with E-state index in [1.807, 2.05) is 0 Å². The summed E-state index contributed by atoms with van der Waals surface area (Å²) in [6, 6.07) is 0. The van der Waals surface area contributed by atoms with Gasteiger partial charge in [0.05, 0.1) is 19.8 Å². The molecule has 0 aromatic heterocycles. The van der Waals surface area contributed by atoms with E-state index in [0.29, 0.717) is 13.0 Å². The van der Waals surface area contributed by atoms with Crippen molar-refractivity contribution in [3.8, 4) is 0 Å². The molecule has 0 aromatic carbocycles. The highest BCUT2D eigenvalue weighted by atomic mass is 16.7. The number of aliphatic hydroxyl groups excluding tert-OH is 4. The average Bonchev–Trinajstić information content (AvgIpc) is 3.34. The Morgan fingerprint density at radius 3 is 1.37 bits per heavy atom. The summed E-state index contributed by atoms with van der Waals surface area (Å²) in [4.78, 5) is 12.8. The van der Waals surface area contributed by atoms with Crippen LogP contribution >= 0.6 is 0 Å². The quantitative estimate of drug-likeness (QED) is 0.0267. The molecule has 9 nitrogen and oxygen atoms in total. The van der Waals surface area contributed by atoms with E-state index in [1.165, 1.54) is 141 Å². The van der Waals surface area contributed by atoms with Crippen LogP contribution < -0.4 is 0 Å². The first kappa shape index (κ1) is 63.6. The Labute approximate surface area is 417 Å². The standard InChI is InChI=1S/C59H104O9/c1-3-5-7-9-11-13-15-17-19-21-23-24-25-26-27-28-29-31-33-35-37-39-41-43-45-47-49-65-51-53(52-66-59-58(64)57(63)56(62)54(50-60)68-59)67-55(61)48-46-44-42-40-38-36-34-32-30-22-20-18-16-14-12-10-8-6-4-2/h6,8,12,14,18,20-21,23,30,32,36,38,53-54,56-60,62-64H,3-5,7,9-11,13,15-17,19,22,24-29,31,33-35,37,39-52H2,1-2H3/b8-6-,14-12-,20-18-,23-21-,32-30-,38-36-. The zero-order chi connectivity index (χ0) is 49.2. The van der Waals surface area contributed by atoms with Crippen molar-refractivity contribution in [1.82, 2.24) is 0 Å². The third-order valence-corrected chi connectivity index (χ3v) is 12.6. The van der Waals surface area contributed by atoms with Crippen LogP contribution in [0.15, 0.2) is 72.9 Å². The van der Waals surface area contributed by atoms with Gasteiger partial charge in [0.25, 0.3) is 0 Å². The maximum Gasteiger partial charge on any atom is 0.306 e.